The average Bonchev–Trinajstić information content (AvgIpc) is 1.98. The van der Waals surface area contributed by atoms with Gasteiger partial charge < -0.3 is 20.4 Å². The fraction of sp³-hybridized carbons (Fsp3) is 0.625. The van der Waals surface area contributed by atoms with Crippen LogP contribution in [0.5, 0.6) is 0 Å². The van der Waals surface area contributed by atoms with Crippen molar-refractivity contribution in [2.24, 2.45) is 0 Å². The van der Waals surface area contributed by atoms with Crippen molar-refractivity contribution in [2.45, 2.75) is 19.1 Å². The number of hydrogen-bond donors (Lipinski definition) is 4. The number of rotatable bonds is 7. The summed E-state index contributed by atoms with van der Waals surface area (Å²) in [5.74, 6) is -4.21. The zero-order valence-electron chi connectivity index (χ0n) is 11.5. The number of nitrogens with zero attached hydrogens (tertiary/aromatic N) is 1. The smallest absolute Gasteiger partial charge is 0.480 e. The molecule has 0 aliphatic rings. The SMILES string of the molecule is C[C@@H](O)[C@@H](C(=O)O)N(CC(=O)O)CC(=O)O.[Na+].[Na+].[Na+]. The van der Waals surface area contributed by atoms with E-state index in [4.69, 9.17) is 15.3 Å². The van der Waals surface area contributed by atoms with Crippen LogP contribution in [0.1, 0.15) is 6.92 Å². The topological polar surface area (TPSA) is 135 Å². The molecule has 0 amide bonds. The van der Waals surface area contributed by atoms with E-state index >= 15 is 0 Å². The van der Waals surface area contributed by atoms with Crippen molar-refractivity contribution >= 4 is 17.9 Å². The van der Waals surface area contributed by atoms with Gasteiger partial charge in [-0.25, -0.2) is 0 Å². The van der Waals surface area contributed by atoms with Crippen LogP contribution in [-0.2, 0) is 14.4 Å². The molecule has 0 spiro atoms. The maximum Gasteiger partial charge on any atom is 1.00 e. The van der Waals surface area contributed by atoms with Gasteiger partial charge in [-0.15, -0.1) is 0 Å². The first-order valence-electron chi connectivity index (χ1n) is 4.34. The molecule has 0 aromatic rings. The molecule has 0 rings (SSSR count). The fourth-order valence-electron chi connectivity index (χ4n) is 1.27. The molecule has 0 saturated carbocycles. The van der Waals surface area contributed by atoms with Crippen LogP contribution in [0.2, 0.25) is 0 Å². The zero-order valence-corrected chi connectivity index (χ0v) is 17.5. The predicted molar refractivity (Wildman–Crippen MR) is 49.9 cm³/mol. The third-order valence-electron chi connectivity index (χ3n) is 1.78. The van der Waals surface area contributed by atoms with Crippen LogP contribution in [0.3, 0.4) is 0 Å². The molecule has 0 aliphatic carbocycles. The summed E-state index contributed by atoms with van der Waals surface area (Å²) in [7, 11) is 0. The molecule has 92 valence electrons. The maximum absolute atomic E-state index is 10.8. The molecule has 2 atom stereocenters. The van der Waals surface area contributed by atoms with Gasteiger partial charge in [0.1, 0.15) is 6.04 Å². The molecule has 8 nitrogen and oxygen atoms in total. The Bertz CT molecular complexity index is 284. The van der Waals surface area contributed by atoms with Gasteiger partial charge in [-0.05, 0) is 6.92 Å². The first kappa shape index (κ1) is 28.5. The number of carbonyl (C=O) groups is 3. The Morgan fingerprint density at radius 2 is 1.26 bits per heavy atom. The molecular weight excluding hydrogens is 291 g/mol. The first-order valence-corrected chi connectivity index (χ1v) is 4.34. The molecule has 0 bridgehead atoms. The Morgan fingerprint density at radius 3 is 1.42 bits per heavy atom. The van der Waals surface area contributed by atoms with Crippen LogP contribution >= 0.6 is 0 Å². The molecule has 0 heterocycles. The van der Waals surface area contributed by atoms with Gasteiger partial charge in [0.25, 0.3) is 0 Å². The second-order valence-electron chi connectivity index (χ2n) is 3.22. The summed E-state index contributed by atoms with van der Waals surface area (Å²) in [6, 6.07) is -1.56. The van der Waals surface area contributed by atoms with Crippen LogP contribution in [0.4, 0.5) is 0 Å². The molecule has 0 aromatic carbocycles. The van der Waals surface area contributed by atoms with Gasteiger partial charge in [0.15, 0.2) is 0 Å². The van der Waals surface area contributed by atoms with Crippen molar-refractivity contribution in [1.29, 1.82) is 0 Å². The summed E-state index contributed by atoms with van der Waals surface area (Å²) in [4.78, 5) is 32.3. The van der Waals surface area contributed by atoms with Gasteiger partial charge in [0.05, 0.1) is 19.2 Å². The van der Waals surface area contributed by atoms with Crippen molar-refractivity contribution in [2.75, 3.05) is 13.1 Å². The van der Waals surface area contributed by atoms with E-state index in [0.717, 1.165) is 6.92 Å². The summed E-state index contributed by atoms with van der Waals surface area (Å²) >= 11 is 0. The van der Waals surface area contributed by atoms with Crippen molar-refractivity contribution in [3.05, 3.63) is 0 Å². The number of aliphatic hydroxyl groups excluding tert-OH is 1. The van der Waals surface area contributed by atoms with Crippen LogP contribution in [0, 0.1) is 0 Å². The third-order valence-corrected chi connectivity index (χ3v) is 1.78. The van der Waals surface area contributed by atoms with E-state index in [0.29, 0.717) is 4.90 Å². The molecule has 0 aromatic heterocycles. The molecule has 11 heteroatoms. The zero-order chi connectivity index (χ0) is 12.9. The van der Waals surface area contributed by atoms with Crippen LogP contribution in [0.15, 0.2) is 0 Å². The second-order valence-corrected chi connectivity index (χ2v) is 3.22. The summed E-state index contributed by atoms with van der Waals surface area (Å²) in [6.07, 6.45) is -1.38. The van der Waals surface area contributed by atoms with E-state index < -0.39 is 43.1 Å². The molecular formula is C8H13NNa3O7+3. The number of carboxylic acid groups (broad SMARTS) is 3. The molecule has 0 saturated heterocycles. The minimum Gasteiger partial charge on any atom is -0.480 e. The minimum atomic E-state index is -1.56. The normalized spacial score (nSPS) is 12.2. The van der Waals surface area contributed by atoms with E-state index in [1.165, 1.54) is 0 Å². The Labute approximate surface area is 176 Å². The summed E-state index contributed by atoms with van der Waals surface area (Å²) < 4.78 is 0. The standard InChI is InChI=1S/C8H13NO7.3Na/c1-4(10)7(8(15)16)9(2-5(11)12)3-6(13)14;;;/h4,7,10H,2-3H2,1H3,(H,11,12)(H,13,14)(H,15,16);;;/q;3*+1/t4-,7+;;;/m1.../s1. The van der Waals surface area contributed by atoms with Crippen molar-refractivity contribution in [3.8, 4) is 0 Å². The van der Waals surface area contributed by atoms with E-state index in [1.807, 2.05) is 0 Å². The van der Waals surface area contributed by atoms with Gasteiger partial charge in [-0.3, -0.25) is 19.3 Å². The summed E-state index contributed by atoms with van der Waals surface area (Å²) in [5.41, 5.74) is 0. The van der Waals surface area contributed by atoms with Crippen molar-refractivity contribution in [1.82, 2.24) is 4.90 Å². The van der Waals surface area contributed by atoms with Crippen molar-refractivity contribution < 1.29 is 123 Å². The number of carboxylic acids is 3. The average molecular weight is 304 g/mol. The molecule has 4 N–H and O–H groups in total. The van der Waals surface area contributed by atoms with Gasteiger partial charge >= 0.3 is 107 Å². The molecule has 0 fully saturated rings. The van der Waals surface area contributed by atoms with Crippen LogP contribution in [-0.4, -0.2) is 68.5 Å². The van der Waals surface area contributed by atoms with E-state index in [2.05, 4.69) is 0 Å². The van der Waals surface area contributed by atoms with E-state index in [1.54, 1.807) is 0 Å². The Morgan fingerprint density at radius 1 is 0.947 bits per heavy atom. The number of aliphatic hydroxyl groups is 1. The molecule has 0 radical (unpaired) electrons. The Kier molecular flexibility index (Phi) is 21.4. The van der Waals surface area contributed by atoms with Gasteiger partial charge in [-0.2, -0.15) is 0 Å². The number of hydrogen-bond acceptors (Lipinski definition) is 5. The summed E-state index contributed by atoms with van der Waals surface area (Å²) in [6.45, 7) is -0.391. The quantitative estimate of drug-likeness (QED) is 0.341. The molecule has 0 aliphatic heterocycles. The predicted octanol–water partition coefficient (Wildman–Crippen LogP) is -10.7. The van der Waals surface area contributed by atoms with Gasteiger partial charge in [0.2, 0.25) is 0 Å². The minimum absolute atomic E-state index is 0. The first-order chi connectivity index (χ1) is 7.25. The van der Waals surface area contributed by atoms with E-state index in [9.17, 15) is 19.5 Å². The van der Waals surface area contributed by atoms with Crippen LogP contribution < -0.4 is 88.7 Å². The Hall–Kier alpha value is 1.33. The monoisotopic (exact) mass is 304 g/mol. The fourth-order valence-corrected chi connectivity index (χ4v) is 1.27. The van der Waals surface area contributed by atoms with E-state index in [-0.39, 0.29) is 88.7 Å². The largest absolute Gasteiger partial charge is 1.00 e. The maximum atomic E-state index is 10.8. The van der Waals surface area contributed by atoms with Crippen LogP contribution in [0.25, 0.3) is 0 Å². The summed E-state index contributed by atoms with van der Waals surface area (Å²) in [5, 5.41) is 34.9. The molecule has 0 unspecified atom stereocenters. The molecule has 19 heavy (non-hydrogen) atoms. The second kappa shape index (κ2) is 14.3. The van der Waals surface area contributed by atoms with Gasteiger partial charge in [-0.1, -0.05) is 0 Å². The third kappa shape index (κ3) is 12.8. The number of aliphatic carboxylic acids is 3. The Balaban J connectivity index is -0.000000375. The van der Waals surface area contributed by atoms with Gasteiger partial charge in [0, 0.05) is 0 Å². The van der Waals surface area contributed by atoms with Crippen molar-refractivity contribution in [3.63, 3.8) is 0 Å².